The Morgan fingerprint density at radius 2 is 2.57 bits per heavy atom. The van der Waals surface area contributed by atoms with E-state index in [-0.39, 0.29) is 13.8 Å². The highest BCUT2D eigenvalue weighted by Crippen LogP contribution is 1.77. The van der Waals surface area contributed by atoms with Gasteiger partial charge in [0.15, 0.2) is 0 Å². The van der Waals surface area contributed by atoms with E-state index in [1.807, 2.05) is 6.08 Å². The molecule has 0 spiro atoms. The maximum Gasteiger partial charge on any atom is 1.00 e. The van der Waals surface area contributed by atoms with Gasteiger partial charge in [0.1, 0.15) is 5.82 Å². The lowest BCUT2D eigenvalue weighted by molar-refractivity contribution is -0.00000144. The Bertz CT molecular complexity index is 84.6. The molecule has 1 aliphatic heterocycles. The van der Waals surface area contributed by atoms with Gasteiger partial charge in [0.2, 0.25) is 0 Å². The lowest BCUT2D eigenvalue weighted by Gasteiger charge is -1.91. The van der Waals surface area contributed by atoms with Crippen molar-refractivity contribution in [3.8, 4) is 0 Å². The summed E-state index contributed by atoms with van der Waals surface area (Å²) in [5.74, 6) is 0.718. The fourth-order valence-corrected chi connectivity index (χ4v) is 0.365. The number of rotatable bonds is 0. The Morgan fingerprint density at radius 1 is 1.86 bits per heavy atom. The minimum Gasteiger partial charge on any atom is -1.00 e. The molecule has 0 saturated carbocycles. The first-order chi connectivity index (χ1) is 2.89. The third kappa shape index (κ3) is 1.66. The number of nitrogens with one attached hydrogen (secondary N) is 2. The van der Waals surface area contributed by atoms with Crippen LogP contribution in [0.2, 0.25) is 0 Å². The highest BCUT2D eigenvalue weighted by atomic mass is 35.5. The average Bonchev–Trinajstić information content (AvgIpc) is 1.86. The zero-order valence-corrected chi connectivity index (χ0v) is 4.50. The molecule has 4 heteroatoms. The van der Waals surface area contributed by atoms with E-state index in [2.05, 4.69) is 10.9 Å². The van der Waals surface area contributed by atoms with E-state index in [4.69, 9.17) is 5.73 Å². The third-order valence-corrected chi connectivity index (χ3v) is 0.657. The van der Waals surface area contributed by atoms with Gasteiger partial charge in [-0.2, -0.15) is 0 Å². The fraction of sp³-hybridized carbons (Fsp3) is 0.333. The first-order valence-corrected chi connectivity index (χ1v) is 1.84. The van der Waals surface area contributed by atoms with Gasteiger partial charge in [0.25, 0.3) is 0 Å². The molecule has 0 unspecified atom stereocenters. The lowest BCUT2D eigenvalue weighted by Crippen LogP contribution is -3.00. The zero-order chi connectivity index (χ0) is 4.41. The van der Waals surface area contributed by atoms with E-state index in [1.165, 1.54) is 0 Å². The van der Waals surface area contributed by atoms with Crippen LogP contribution in [0, 0.1) is 0 Å². The first-order valence-electron chi connectivity index (χ1n) is 1.84. The van der Waals surface area contributed by atoms with Gasteiger partial charge >= 0.3 is 1.43 Å². The highest BCUT2D eigenvalue weighted by molar-refractivity contribution is 4.98. The fourth-order valence-electron chi connectivity index (χ4n) is 0.365. The van der Waals surface area contributed by atoms with Crippen molar-refractivity contribution in [2.24, 2.45) is 5.73 Å². The Labute approximate surface area is 49.8 Å². The zero-order valence-electron chi connectivity index (χ0n) is 4.74. The van der Waals surface area contributed by atoms with E-state index >= 15 is 0 Å². The van der Waals surface area contributed by atoms with Gasteiger partial charge in [-0.05, 0) is 6.08 Å². The van der Waals surface area contributed by atoms with Gasteiger partial charge in [-0.1, -0.05) is 0 Å². The van der Waals surface area contributed by atoms with E-state index in [1.54, 1.807) is 0 Å². The van der Waals surface area contributed by atoms with Crippen molar-refractivity contribution >= 4 is 0 Å². The van der Waals surface area contributed by atoms with E-state index in [0.717, 1.165) is 12.4 Å². The van der Waals surface area contributed by atoms with Gasteiger partial charge < -0.3 is 23.6 Å². The van der Waals surface area contributed by atoms with Crippen LogP contribution >= 0.6 is 0 Å². The number of hydrazine groups is 1. The smallest absolute Gasteiger partial charge is 1.00 e. The SMILES string of the molecule is NC1=CCNN1.[Cl-].[H+]. The van der Waals surface area contributed by atoms with Crippen molar-refractivity contribution in [1.29, 1.82) is 0 Å². The standard InChI is InChI=1S/C3H7N3.ClH/c4-3-1-2-5-6-3;/h1,5-6H,2,4H2;1H. The maximum absolute atomic E-state index is 5.22. The van der Waals surface area contributed by atoms with Crippen LogP contribution < -0.4 is 29.0 Å². The average molecular weight is 122 g/mol. The predicted octanol–water partition coefficient (Wildman–Crippen LogP) is -3.99. The van der Waals surface area contributed by atoms with Gasteiger partial charge in [-0.25, -0.2) is 5.43 Å². The van der Waals surface area contributed by atoms with Gasteiger partial charge in [0, 0.05) is 6.54 Å². The second-order valence-electron chi connectivity index (χ2n) is 1.17. The molecule has 0 amide bonds. The van der Waals surface area contributed by atoms with Gasteiger partial charge in [0.05, 0.1) is 0 Å². The number of hydrogen-bond acceptors (Lipinski definition) is 3. The molecule has 3 nitrogen and oxygen atoms in total. The summed E-state index contributed by atoms with van der Waals surface area (Å²) in [6.07, 6.45) is 1.88. The molecule has 1 heterocycles. The maximum atomic E-state index is 5.22. The second-order valence-corrected chi connectivity index (χ2v) is 1.17. The summed E-state index contributed by atoms with van der Waals surface area (Å²) in [6.45, 7) is 0.839. The van der Waals surface area contributed by atoms with E-state index in [0.29, 0.717) is 0 Å². The summed E-state index contributed by atoms with van der Waals surface area (Å²) in [7, 11) is 0. The van der Waals surface area contributed by atoms with Crippen molar-refractivity contribution < 1.29 is 13.8 Å². The molecule has 0 aromatic heterocycles. The minimum absolute atomic E-state index is 0. The summed E-state index contributed by atoms with van der Waals surface area (Å²) in [6, 6.07) is 0. The molecule has 0 bridgehead atoms. The topological polar surface area (TPSA) is 50.1 Å². The largest absolute Gasteiger partial charge is 1.00 e. The van der Waals surface area contributed by atoms with Crippen LogP contribution in [0.25, 0.3) is 0 Å². The number of nitrogens with two attached hydrogens (primary N) is 1. The molecule has 0 aromatic rings. The molecule has 0 aliphatic carbocycles. The normalized spacial score (nSPS) is 16.9. The monoisotopic (exact) mass is 121 g/mol. The van der Waals surface area contributed by atoms with Crippen LogP contribution in [0.4, 0.5) is 0 Å². The summed E-state index contributed by atoms with van der Waals surface area (Å²) >= 11 is 0. The molecule has 0 aromatic carbocycles. The van der Waals surface area contributed by atoms with Crippen molar-refractivity contribution in [3.05, 3.63) is 11.9 Å². The molecule has 0 saturated heterocycles. The molecule has 4 N–H and O–H groups in total. The van der Waals surface area contributed by atoms with Crippen LogP contribution in [0.1, 0.15) is 1.43 Å². The molecule has 42 valence electrons. The number of hydrogen-bond donors (Lipinski definition) is 3. The molecule has 7 heavy (non-hydrogen) atoms. The highest BCUT2D eigenvalue weighted by Gasteiger charge is 1.91. The van der Waals surface area contributed by atoms with Crippen LogP contribution in [-0.2, 0) is 0 Å². The number of halogens is 1. The molecule has 1 rings (SSSR count). The van der Waals surface area contributed by atoms with E-state index < -0.39 is 0 Å². The second kappa shape index (κ2) is 2.71. The predicted molar refractivity (Wildman–Crippen MR) is 24.5 cm³/mol. The van der Waals surface area contributed by atoms with Crippen molar-refractivity contribution in [2.45, 2.75) is 0 Å². The molecular weight excluding hydrogens is 114 g/mol. The Balaban J connectivity index is 0. The minimum atomic E-state index is 0. The summed E-state index contributed by atoms with van der Waals surface area (Å²) < 4.78 is 0. The first kappa shape index (κ1) is 6.59. The Hall–Kier alpha value is -0.410. The molecule has 0 fully saturated rings. The lowest BCUT2D eigenvalue weighted by atomic mass is 10.6. The van der Waals surface area contributed by atoms with Crippen molar-refractivity contribution in [3.63, 3.8) is 0 Å². The summed E-state index contributed by atoms with van der Waals surface area (Å²) in [4.78, 5) is 0. The van der Waals surface area contributed by atoms with E-state index in [9.17, 15) is 0 Å². The van der Waals surface area contributed by atoms with Crippen LogP contribution in [-0.4, -0.2) is 6.54 Å². The van der Waals surface area contributed by atoms with Crippen LogP contribution in [0.3, 0.4) is 0 Å². The quantitative estimate of drug-likeness (QED) is 0.306. The van der Waals surface area contributed by atoms with Crippen molar-refractivity contribution in [2.75, 3.05) is 6.54 Å². The molecular formula is C3H8ClN3. The molecule has 0 radical (unpaired) electrons. The van der Waals surface area contributed by atoms with Gasteiger partial charge in [-0.3, -0.25) is 0 Å². The van der Waals surface area contributed by atoms with Crippen molar-refractivity contribution in [1.82, 2.24) is 10.9 Å². The third-order valence-electron chi connectivity index (χ3n) is 0.657. The summed E-state index contributed by atoms with van der Waals surface area (Å²) in [5.41, 5.74) is 10.7. The Kier molecular flexibility index (Phi) is 2.55. The van der Waals surface area contributed by atoms with Crippen LogP contribution in [0.5, 0.6) is 0 Å². The van der Waals surface area contributed by atoms with Crippen LogP contribution in [0.15, 0.2) is 11.9 Å². The Morgan fingerprint density at radius 3 is 2.71 bits per heavy atom. The van der Waals surface area contributed by atoms with Gasteiger partial charge in [-0.15, -0.1) is 0 Å². The molecule has 0 atom stereocenters. The molecule has 1 aliphatic rings. The summed E-state index contributed by atoms with van der Waals surface area (Å²) in [5, 5.41) is 0.